The molecule has 0 unspecified atom stereocenters. The third-order valence-corrected chi connectivity index (χ3v) is 3.46. The van der Waals surface area contributed by atoms with E-state index < -0.39 is 0 Å². The standard InChI is InChI=1S/C13H16BrN3/c1-2-17-12(7-8-16-17)10-15-9-11-5-3-4-6-13(11)14/h3-8,15H,2,9-10H2,1H3. The highest BCUT2D eigenvalue weighted by Gasteiger charge is 2.01. The molecule has 0 bridgehead atoms. The van der Waals surface area contributed by atoms with Gasteiger partial charge in [0.15, 0.2) is 0 Å². The van der Waals surface area contributed by atoms with Crippen molar-refractivity contribution >= 4 is 15.9 Å². The van der Waals surface area contributed by atoms with Gasteiger partial charge >= 0.3 is 0 Å². The summed E-state index contributed by atoms with van der Waals surface area (Å²) >= 11 is 3.55. The van der Waals surface area contributed by atoms with Crippen LogP contribution < -0.4 is 5.32 Å². The van der Waals surface area contributed by atoms with Gasteiger partial charge in [-0.25, -0.2) is 0 Å². The summed E-state index contributed by atoms with van der Waals surface area (Å²) in [5, 5.41) is 7.67. The summed E-state index contributed by atoms with van der Waals surface area (Å²) in [6, 6.07) is 10.3. The topological polar surface area (TPSA) is 29.9 Å². The zero-order valence-electron chi connectivity index (χ0n) is 9.86. The maximum Gasteiger partial charge on any atom is 0.0522 e. The van der Waals surface area contributed by atoms with E-state index in [1.54, 1.807) is 0 Å². The van der Waals surface area contributed by atoms with Crippen LogP contribution in [0.4, 0.5) is 0 Å². The number of hydrogen-bond acceptors (Lipinski definition) is 2. The number of halogens is 1. The molecule has 1 N–H and O–H groups in total. The zero-order valence-corrected chi connectivity index (χ0v) is 11.4. The lowest BCUT2D eigenvalue weighted by atomic mass is 10.2. The minimum Gasteiger partial charge on any atom is -0.307 e. The first-order chi connectivity index (χ1) is 8.31. The van der Waals surface area contributed by atoms with Gasteiger partial charge in [0, 0.05) is 30.3 Å². The van der Waals surface area contributed by atoms with Gasteiger partial charge in [-0.15, -0.1) is 0 Å². The Balaban J connectivity index is 1.90. The fraction of sp³-hybridized carbons (Fsp3) is 0.308. The van der Waals surface area contributed by atoms with Crippen molar-refractivity contribution in [1.82, 2.24) is 15.1 Å². The molecule has 0 aliphatic carbocycles. The van der Waals surface area contributed by atoms with Crippen molar-refractivity contribution in [3.05, 3.63) is 52.3 Å². The Hall–Kier alpha value is -1.13. The molecule has 3 nitrogen and oxygen atoms in total. The van der Waals surface area contributed by atoms with Crippen molar-refractivity contribution in [2.45, 2.75) is 26.6 Å². The van der Waals surface area contributed by atoms with Crippen molar-refractivity contribution in [2.75, 3.05) is 0 Å². The lowest BCUT2D eigenvalue weighted by Crippen LogP contribution is -2.16. The molecule has 0 aliphatic heterocycles. The minimum atomic E-state index is 0.842. The van der Waals surface area contributed by atoms with Crippen LogP contribution in [-0.2, 0) is 19.6 Å². The second kappa shape index (κ2) is 5.98. The van der Waals surface area contributed by atoms with Gasteiger partial charge in [-0.3, -0.25) is 4.68 Å². The van der Waals surface area contributed by atoms with Crippen LogP contribution in [0.2, 0.25) is 0 Å². The van der Waals surface area contributed by atoms with E-state index in [1.165, 1.54) is 11.3 Å². The van der Waals surface area contributed by atoms with Crippen LogP contribution >= 0.6 is 15.9 Å². The number of nitrogens with zero attached hydrogens (tertiary/aromatic N) is 2. The first-order valence-corrected chi connectivity index (χ1v) is 6.55. The molecule has 0 amide bonds. The molecule has 0 radical (unpaired) electrons. The molecular weight excluding hydrogens is 278 g/mol. The zero-order chi connectivity index (χ0) is 12.1. The van der Waals surface area contributed by atoms with Gasteiger partial charge in [-0.2, -0.15) is 5.10 Å². The van der Waals surface area contributed by atoms with E-state index >= 15 is 0 Å². The van der Waals surface area contributed by atoms with Gasteiger partial charge < -0.3 is 5.32 Å². The quantitative estimate of drug-likeness (QED) is 0.919. The summed E-state index contributed by atoms with van der Waals surface area (Å²) in [5.41, 5.74) is 2.50. The molecule has 0 atom stereocenters. The van der Waals surface area contributed by atoms with E-state index in [2.05, 4.69) is 57.5 Å². The summed E-state index contributed by atoms with van der Waals surface area (Å²) in [6.45, 7) is 4.72. The number of benzene rings is 1. The fourth-order valence-corrected chi connectivity index (χ4v) is 2.19. The molecule has 4 heteroatoms. The van der Waals surface area contributed by atoms with E-state index in [-0.39, 0.29) is 0 Å². The SMILES string of the molecule is CCn1nccc1CNCc1ccccc1Br. The van der Waals surface area contributed by atoms with Crippen LogP contribution in [-0.4, -0.2) is 9.78 Å². The Morgan fingerprint density at radius 2 is 2.06 bits per heavy atom. The predicted octanol–water partition coefficient (Wildman–Crippen LogP) is 2.96. The Labute approximate surface area is 110 Å². The number of nitrogens with one attached hydrogen (secondary N) is 1. The van der Waals surface area contributed by atoms with E-state index in [4.69, 9.17) is 0 Å². The van der Waals surface area contributed by atoms with Crippen molar-refractivity contribution in [2.24, 2.45) is 0 Å². The Kier molecular flexibility index (Phi) is 4.34. The first-order valence-electron chi connectivity index (χ1n) is 5.76. The average molecular weight is 294 g/mol. The molecule has 1 aromatic carbocycles. The third kappa shape index (κ3) is 3.17. The van der Waals surface area contributed by atoms with Gasteiger partial charge in [0.2, 0.25) is 0 Å². The van der Waals surface area contributed by atoms with Crippen molar-refractivity contribution in [3.8, 4) is 0 Å². The molecule has 0 fully saturated rings. The molecule has 90 valence electrons. The van der Waals surface area contributed by atoms with E-state index in [0.717, 1.165) is 24.1 Å². The normalized spacial score (nSPS) is 10.7. The molecule has 1 heterocycles. The van der Waals surface area contributed by atoms with E-state index in [9.17, 15) is 0 Å². The number of hydrogen-bond donors (Lipinski definition) is 1. The second-order valence-corrected chi connectivity index (χ2v) is 4.69. The van der Waals surface area contributed by atoms with Crippen LogP contribution in [0, 0.1) is 0 Å². The molecular formula is C13H16BrN3. The van der Waals surface area contributed by atoms with Crippen LogP contribution in [0.5, 0.6) is 0 Å². The molecule has 17 heavy (non-hydrogen) atoms. The molecule has 0 saturated heterocycles. The summed E-state index contributed by atoms with van der Waals surface area (Å²) in [6.07, 6.45) is 1.85. The molecule has 1 aromatic heterocycles. The van der Waals surface area contributed by atoms with Crippen LogP contribution in [0.25, 0.3) is 0 Å². The first kappa shape index (κ1) is 12.3. The largest absolute Gasteiger partial charge is 0.307 e. The van der Waals surface area contributed by atoms with Gasteiger partial charge in [-0.05, 0) is 24.6 Å². The fourth-order valence-electron chi connectivity index (χ4n) is 1.76. The monoisotopic (exact) mass is 293 g/mol. The highest BCUT2D eigenvalue weighted by molar-refractivity contribution is 9.10. The summed E-state index contributed by atoms with van der Waals surface area (Å²) in [4.78, 5) is 0. The molecule has 0 aliphatic rings. The smallest absolute Gasteiger partial charge is 0.0522 e. The summed E-state index contributed by atoms with van der Waals surface area (Å²) in [5.74, 6) is 0. The van der Waals surface area contributed by atoms with E-state index in [0.29, 0.717) is 0 Å². The Bertz CT molecular complexity index is 479. The maximum absolute atomic E-state index is 4.25. The summed E-state index contributed by atoms with van der Waals surface area (Å²) < 4.78 is 3.16. The average Bonchev–Trinajstić information content (AvgIpc) is 2.79. The molecule has 0 spiro atoms. The second-order valence-electron chi connectivity index (χ2n) is 3.83. The van der Waals surface area contributed by atoms with Crippen LogP contribution in [0.3, 0.4) is 0 Å². The highest BCUT2D eigenvalue weighted by atomic mass is 79.9. The lowest BCUT2D eigenvalue weighted by Gasteiger charge is -2.08. The molecule has 2 rings (SSSR count). The van der Waals surface area contributed by atoms with Gasteiger partial charge in [0.25, 0.3) is 0 Å². The molecule has 0 saturated carbocycles. The van der Waals surface area contributed by atoms with Crippen molar-refractivity contribution in [3.63, 3.8) is 0 Å². The molecule has 2 aromatic rings. The lowest BCUT2D eigenvalue weighted by molar-refractivity contribution is 0.581. The van der Waals surface area contributed by atoms with Gasteiger partial charge in [-0.1, -0.05) is 34.1 Å². The number of aromatic nitrogens is 2. The number of aryl methyl sites for hydroxylation is 1. The predicted molar refractivity (Wildman–Crippen MR) is 72.6 cm³/mol. The summed E-state index contributed by atoms with van der Waals surface area (Å²) in [7, 11) is 0. The maximum atomic E-state index is 4.25. The third-order valence-electron chi connectivity index (χ3n) is 2.68. The van der Waals surface area contributed by atoms with Gasteiger partial charge in [0.1, 0.15) is 0 Å². The van der Waals surface area contributed by atoms with Crippen molar-refractivity contribution in [1.29, 1.82) is 0 Å². The van der Waals surface area contributed by atoms with Crippen molar-refractivity contribution < 1.29 is 0 Å². The Morgan fingerprint density at radius 1 is 1.24 bits per heavy atom. The van der Waals surface area contributed by atoms with Crippen LogP contribution in [0.1, 0.15) is 18.2 Å². The van der Waals surface area contributed by atoms with Crippen LogP contribution in [0.15, 0.2) is 41.0 Å². The Morgan fingerprint density at radius 3 is 2.82 bits per heavy atom. The minimum absolute atomic E-state index is 0.842. The number of rotatable bonds is 5. The van der Waals surface area contributed by atoms with E-state index in [1.807, 2.05) is 16.9 Å². The highest BCUT2D eigenvalue weighted by Crippen LogP contribution is 2.15. The van der Waals surface area contributed by atoms with Gasteiger partial charge in [0.05, 0.1) is 5.69 Å².